The zero-order valence-electron chi connectivity index (χ0n) is 19.9. The van der Waals surface area contributed by atoms with Gasteiger partial charge in [0.25, 0.3) is 0 Å². The van der Waals surface area contributed by atoms with Crippen molar-refractivity contribution in [3.05, 3.63) is 0 Å². The molecule has 13 heteroatoms. The fourth-order valence-corrected chi connectivity index (χ4v) is 15.9. The fraction of sp³-hybridized carbons (Fsp3) is 0.864. The van der Waals surface area contributed by atoms with Crippen LogP contribution in [0.3, 0.4) is 0 Å². The van der Waals surface area contributed by atoms with Crippen LogP contribution in [0.5, 0.6) is 0 Å². The maximum atomic E-state index is 11.4. The van der Waals surface area contributed by atoms with Gasteiger partial charge in [0.1, 0.15) is 0 Å². The van der Waals surface area contributed by atoms with Crippen LogP contribution < -0.4 is 0 Å². The zero-order chi connectivity index (χ0) is 24.9. The Morgan fingerprint density at radius 3 is 1.66 bits per heavy atom. The van der Waals surface area contributed by atoms with Gasteiger partial charge >= 0.3 is 35.2 Å². The topological polar surface area (TPSA) is 146 Å². The van der Waals surface area contributed by atoms with Crippen molar-refractivity contribution in [3.63, 3.8) is 0 Å². The van der Waals surface area contributed by atoms with E-state index in [1.165, 1.54) is 6.92 Å². The molecular weight excluding hydrogens is 508 g/mol. The Balaban J connectivity index is -0.000000284. The monoisotopic (exact) mass is 562 g/mol. The highest BCUT2D eigenvalue weighted by Gasteiger charge is 2.44. The molecule has 0 aromatic heterocycles. The summed E-state index contributed by atoms with van der Waals surface area (Å²) >= 11 is 0. The van der Waals surface area contributed by atoms with Crippen LogP contribution in [0.2, 0.25) is 44.8 Å². The molecule has 0 aliphatic rings. The molecule has 0 saturated heterocycles. The molecule has 0 amide bonds. The predicted octanol–water partition coefficient (Wildman–Crippen LogP) is 5.74. The number of aliphatic carboxylic acids is 2. The minimum absolute atomic E-state index is 0. The van der Waals surface area contributed by atoms with Gasteiger partial charge in [-0.05, 0) is 58.2 Å². The van der Waals surface area contributed by atoms with Gasteiger partial charge in [-0.2, -0.15) is 9.59 Å². The number of carboxylic acid groups (broad SMARTS) is 2. The maximum absolute atomic E-state index is 11.4. The van der Waals surface area contributed by atoms with E-state index in [1.807, 2.05) is 6.55 Å². The van der Waals surface area contributed by atoms with Gasteiger partial charge < -0.3 is 27.6 Å². The second-order valence-electron chi connectivity index (χ2n) is 8.68. The van der Waals surface area contributed by atoms with E-state index >= 15 is 0 Å². The number of hydrogen-bond donors (Lipinski definition) is 2. The minimum Gasteiger partial charge on any atom is -0.481 e. The molecule has 0 heterocycles. The van der Waals surface area contributed by atoms with Crippen LogP contribution in [0.25, 0.3) is 0 Å². The first-order chi connectivity index (χ1) is 14.0. The third kappa shape index (κ3) is 21.8. The van der Waals surface area contributed by atoms with Crippen molar-refractivity contribution in [3.8, 4) is 0 Å². The fourth-order valence-electron chi connectivity index (χ4n) is 3.04. The number of ether oxygens (including phenoxy) is 1. The van der Waals surface area contributed by atoms with E-state index in [0.29, 0.717) is 12.5 Å². The molecule has 2 N–H and O–H groups in total. The molecule has 10 nitrogen and oxygen atoms in total. The highest BCUT2D eigenvalue weighted by molar-refractivity contribution is 6.86. The zero-order valence-corrected chi connectivity index (χ0v) is 22.9. The Labute approximate surface area is 217 Å². The van der Waals surface area contributed by atoms with E-state index in [-0.39, 0.29) is 42.5 Å². The Morgan fingerprint density at radius 1 is 0.886 bits per heavy atom. The van der Waals surface area contributed by atoms with E-state index in [0.717, 1.165) is 12.5 Å². The van der Waals surface area contributed by atoms with Crippen molar-refractivity contribution >= 4 is 43.5 Å². The van der Waals surface area contributed by atoms with Gasteiger partial charge in [-0.25, -0.2) is 4.79 Å². The van der Waals surface area contributed by atoms with E-state index in [1.54, 1.807) is 7.11 Å². The Bertz CT molecular complexity index is 609. The smallest absolute Gasteiger partial charge is 0.373 e. The summed E-state index contributed by atoms with van der Waals surface area (Å²) in [6.45, 7) is 14.0. The number of hydrogen-bond acceptors (Lipinski definition) is 8. The van der Waals surface area contributed by atoms with Crippen LogP contribution in [0.1, 0.15) is 62.8 Å². The molecule has 0 saturated carbocycles. The third-order valence-electron chi connectivity index (χ3n) is 4.23. The van der Waals surface area contributed by atoms with Gasteiger partial charge in [-0.15, -0.1) is 0 Å². The molecule has 0 aliphatic heterocycles. The van der Waals surface area contributed by atoms with Crippen LogP contribution in [-0.2, 0) is 36.6 Å². The molecule has 214 valence electrons. The van der Waals surface area contributed by atoms with Crippen LogP contribution in [0.4, 0.5) is 0 Å². The highest BCUT2D eigenvalue weighted by atomic mass is 28.5. The van der Waals surface area contributed by atoms with Gasteiger partial charge in [-0.3, -0.25) is 4.79 Å². The SMILES string of the molecule is C.C.C.C.CCC[Si](C)(O[Si](C)(C)C)O[Si](C)(CCCOC(C)(CC(=O)O)C(=O)O)OC.O=C=O. The van der Waals surface area contributed by atoms with E-state index < -0.39 is 49.4 Å². The molecule has 0 aromatic rings. The molecule has 0 rings (SSSR count). The Hall–Kier alpha value is -1.19. The summed E-state index contributed by atoms with van der Waals surface area (Å²) in [7, 11) is -5.07. The van der Waals surface area contributed by atoms with Gasteiger partial charge in [-0.1, -0.05) is 43.1 Å². The second-order valence-corrected chi connectivity index (χ2v) is 20.5. The summed E-state index contributed by atoms with van der Waals surface area (Å²) in [4.78, 5) is 38.5. The lowest BCUT2D eigenvalue weighted by atomic mass is 10.0. The second kappa shape index (κ2) is 20.9. The molecule has 0 fully saturated rings. The number of carbonyl (C=O) groups excluding carboxylic acids is 2. The van der Waals surface area contributed by atoms with E-state index in [4.69, 9.17) is 32.1 Å². The third-order valence-corrected chi connectivity index (χ3v) is 15.4. The molecule has 35 heavy (non-hydrogen) atoms. The van der Waals surface area contributed by atoms with Crippen molar-refractivity contribution in [2.75, 3.05) is 13.7 Å². The summed E-state index contributed by atoms with van der Waals surface area (Å²) in [5.74, 6) is -2.50. The summed E-state index contributed by atoms with van der Waals surface area (Å²) in [5, 5.41) is 18.2. The molecule has 3 unspecified atom stereocenters. The first kappa shape index (κ1) is 47.1. The minimum atomic E-state index is -2.54. The van der Waals surface area contributed by atoms with Crippen LogP contribution >= 0.6 is 0 Å². The van der Waals surface area contributed by atoms with E-state index in [2.05, 4.69) is 33.1 Å². The molecule has 0 bridgehead atoms. The predicted molar refractivity (Wildman–Crippen MR) is 146 cm³/mol. The summed E-state index contributed by atoms with van der Waals surface area (Å²) in [6, 6.07) is 1.49. The molecule has 0 spiro atoms. The summed E-state index contributed by atoms with van der Waals surface area (Å²) < 4.78 is 24.1. The molecule has 3 atom stereocenters. The van der Waals surface area contributed by atoms with Crippen molar-refractivity contribution in [2.24, 2.45) is 0 Å². The molecule has 0 aromatic carbocycles. The first-order valence-corrected chi connectivity index (χ1v) is 18.5. The number of carbonyl (C=O) groups is 2. The summed E-state index contributed by atoms with van der Waals surface area (Å²) in [6.07, 6.45) is 1.14. The van der Waals surface area contributed by atoms with Crippen molar-refractivity contribution in [2.45, 2.75) is 113 Å². The standard InChI is InChI=1S/C17H38O8Si3.CO2.4CH4/c1-9-12-28(8,24-26(4,5)6)25-27(7,22-3)13-10-11-23-17(2,16(20)21)14-15(18)19;2-1-3;;;;/h9-14H2,1-8H3,(H,18,19)(H,20,21);;4*1H4. The average Bonchev–Trinajstić information content (AvgIpc) is 2.57. The quantitative estimate of drug-likeness (QED) is 0.187. The van der Waals surface area contributed by atoms with Crippen LogP contribution in [-0.4, -0.2) is 73.1 Å². The molecular formula is C22H54O10Si3. The average molecular weight is 563 g/mol. The first-order valence-electron chi connectivity index (χ1n) is 10.1. The normalized spacial score (nSPS) is 15.2. The Kier molecular flexibility index (Phi) is 28.2. The van der Waals surface area contributed by atoms with Gasteiger partial charge in [0, 0.05) is 13.7 Å². The van der Waals surface area contributed by atoms with Gasteiger partial charge in [0.15, 0.2) is 13.9 Å². The number of carboxylic acids is 2. The van der Waals surface area contributed by atoms with Crippen molar-refractivity contribution in [1.82, 2.24) is 0 Å². The van der Waals surface area contributed by atoms with Crippen LogP contribution in [0.15, 0.2) is 0 Å². The molecule has 0 aliphatic carbocycles. The lowest BCUT2D eigenvalue weighted by Crippen LogP contribution is -2.55. The van der Waals surface area contributed by atoms with Gasteiger partial charge in [0.2, 0.25) is 0 Å². The van der Waals surface area contributed by atoms with Crippen molar-refractivity contribution < 1.29 is 46.8 Å². The largest absolute Gasteiger partial charge is 0.481 e. The van der Waals surface area contributed by atoms with Crippen molar-refractivity contribution in [1.29, 1.82) is 0 Å². The summed E-state index contributed by atoms with van der Waals surface area (Å²) in [5.41, 5.74) is -1.75. The Morgan fingerprint density at radius 2 is 1.34 bits per heavy atom. The number of rotatable bonds is 15. The van der Waals surface area contributed by atoms with Crippen LogP contribution in [0, 0.1) is 0 Å². The maximum Gasteiger partial charge on any atom is 0.373 e. The lowest BCUT2D eigenvalue weighted by molar-refractivity contribution is -0.191. The highest BCUT2D eigenvalue weighted by Crippen LogP contribution is 2.28. The lowest BCUT2D eigenvalue weighted by Gasteiger charge is -2.40. The van der Waals surface area contributed by atoms with Gasteiger partial charge in [0.05, 0.1) is 6.42 Å². The van der Waals surface area contributed by atoms with E-state index in [9.17, 15) is 14.7 Å². The molecule has 0 radical (unpaired) electrons.